The summed E-state index contributed by atoms with van der Waals surface area (Å²) in [7, 11) is 9.37. The summed E-state index contributed by atoms with van der Waals surface area (Å²) in [5.41, 5.74) is 7.69. The van der Waals surface area contributed by atoms with Gasteiger partial charge in [0.25, 0.3) is 0 Å². The maximum absolute atomic E-state index is 13.4. The molecule has 0 amide bonds. The summed E-state index contributed by atoms with van der Waals surface area (Å²) < 4.78 is 24.1. The van der Waals surface area contributed by atoms with E-state index in [-0.39, 0.29) is 6.61 Å². The lowest BCUT2D eigenvalue weighted by Gasteiger charge is -2.13. The van der Waals surface area contributed by atoms with Crippen LogP contribution in [-0.4, -0.2) is 69.4 Å². The number of halogens is 1. The zero-order valence-electron chi connectivity index (χ0n) is 30.0. The highest BCUT2D eigenvalue weighted by Gasteiger charge is 2.28. The zero-order chi connectivity index (χ0) is 35.8. The predicted molar refractivity (Wildman–Crippen MR) is 203 cm³/mol. The molecule has 3 aromatic carbocycles. The number of nitrogens with zero attached hydrogens (tertiary/aromatic N) is 6. The number of thioether (sulfide) groups is 1. The Labute approximate surface area is 307 Å². The van der Waals surface area contributed by atoms with Crippen LogP contribution in [0.1, 0.15) is 45.2 Å². The minimum atomic E-state index is -0.395. The molecule has 266 valence electrons. The molecule has 0 spiro atoms. The van der Waals surface area contributed by atoms with Crippen molar-refractivity contribution in [2.45, 2.75) is 50.2 Å². The van der Waals surface area contributed by atoms with Crippen molar-refractivity contribution in [1.82, 2.24) is 29.0 Å². The quantitative estimate of drug-likeness (QED) is 0.172. The van der Waals surface area contributed by atoms with Gasteiger partial charge in [-0.2, -0.15) is 10.2 Å². The fourth-order valence-electron chi connectivity index (χ4n) is 7.03. The molecule has 0 aliphatic carbocycles. The summed E-state index contributed by atoms with van der Waals surface area (Å²) >= 11 is 8.81. The standard InChI is InChI=1S/C39H43ClN6O4S/c1-24-35-33(42-45(24)5)22-49-21-27-19-26(41-46(27)16-15-43(2)3)23-51-28-18-25-10-7-8-11-29(25)34(20-28)50-17-9-12-30-31-13-14-32(40)36(35)37(31)44(4)38(30)39(47)48-6/h7-8,10-11,13-14,18-20H,9,12,15-17,21-23H2,1-6H3. The number of hydrogen-bond donors (Lipinski definition) is 0. The number of methoxy groups -OCH3 is 1. The third kappa shape index (κ3) is 6.87. The van der Waals surface area contributed by atoms with Crippen molar-refractivity contribution in [1.29, 1.82) is 0 Å². The Kier molecular flexibility index (Phi) is 10.2. The number of aryl methyl sites for hydroxylation is 3. The SMILES string of the molecule is COC(=O)c1c2c3ccc(Cl)c(c3n1C)-c1c(nn(C)c1C)COCc1cc(nn1CCN(C)C)CSc1cc(c3ccccc3c1)OCCC2. The summed E-state index contributed by atoms with van der Waals surface area (Å²) in [5, 5.41) is 13.6. The number of carbonyl (C=O) groups is 1. The van der Waals surface area contributed by atoms with Crippen LogP contribution >= 0.6 is 23.4 Å². The molecule has 0 saturated heterocycles. The molecule has 12 heteroatoms. The van der Waals surface area contributed by atoms with Gasteiger partial charge in [0.05, 0.1) is 61.1 Å². The van der Waals surface area contributed by atoms with E-state index >= 15 is 0 Å². The van der Waals surface area contributed by atoms with Crippen LogP contribution in [0.4, 0.5) is 0 Å². The Bertz CT molecular complexity index is 2250. The van der Waals surface area contributed by atoms with E-state index in [2.05, 4.69) is 60.1 Å². The molecule has 6 aromatic rings. The van der Waals surface area contributed by atoms with E-state index in [9.17, 15) is 4.79 Å². The second-order valence-corrected chi connectivity index (χ2v) is 14.7. The van der Waals surface area contributed by atoms with Crippen LogP contribution in [0.25, 0.3) is 32.8 Å². The van der Waals surface area contributed by atoms with Crippen molar-refractivity contribution in [3.63, 3.8) is 0 Å². The molecule has 10 nitrogen and oxygen atoms in total. The molecule has 7 rings (SSSR count). The zero-order valence-corrected chi connectivity index (χ0v) is 31.5. The van der Waals surface area contributed by atoms with E-state index < -0.39 is 5.97 Å². The Balaban J connectivity index is 1.36. The summed E-state index contributed by atoms with van der Waals surface area (Å²) in [6.07, 6.45) is 1.29. The number of rotatable bonds is 4. The van der Waals surface area contributed by atoms with Gasteiger partial charge in [0.15, 0.2) is 0 Å². The van der Waals surface area contributed by atoms with Crippen molar-refractivity contribution in [3.8, 4) is 16.9 Å². The Morgan fingerprint density at radius 2 is 1.86 bits per heavy atom. The Morgan fingerprint density at radius 1 is 1.04 bits per heavy atom. The van der Waals surface area contributed by atoms with E-state index in [4.69, 9.17) is 36.0 Å². The first-order chi connectivity index (χ1) is 24.6. The number of esters is 1. The van der Waals surface area contributed by atoms with Crippen LogP contribution in [0, 0.1) is 6.92 Å². The summed E-state index contributed by atoms with van der Waals surface area (Å²) in [6.45, 7) is 4.74. The van der Waals surface area contributed by atoms with Gasteiger partial charge < -0.3 is 23.7 Å². The van der Waals surface area contributed by atoms with E-state index in [1.54, 1.807) is 11.8 Å². The van der Waals surface area contributed by atoms with Crippen LogP contribution in [0.5, 0.6) is 5.75 Å². The smallest absolute Gasteiger partial charge is 0.354 e. The highest BCUT2D eigenvalue weighted by Crippen LogP contribution is 2.42. The summed E-state index contributed by atoms with van der Waals surface area (Å²) in [5.74, 6) is 1.15. The van der Waals surface area contributed by atoms with Gasteiger partial charge in [-0.25, -0.2) is 4.79 Å². The molecule has 51 heavy (non-hydrogen) atoms. The third-order valence-electron chi connectivity index (χ3n) is 9.62. The molecule has 0 radical (unpaired) electrons. The van der Waals surface area contributed by atoms with Crippen LogP contribution in [0.15, 0.2) is 59.5 Å². The minimum Gasteiger partial charge on any atom is -0.493 e. The lowest BCUT2D eigenvalue weighted by Crippen LogP contribution is -2.20. The number of hydrogen-bond acceptors (Lipinski definition) is 8. The first-order valence-electron chi connectivity index (χ1n) is 17.1. The maximum atomic E-state index is 13.4. The average Bonchev–Trinajstić information content (AvgIpc) is 3.74. The van der Waals surface area contributed by atoms with E-state index in [0.717, 1.165) is 84.9 Å². The van der Waals surface area contributed by atoms with Crippen LogP contribution in [0.2, 0.25) is 5.02 Å². The van der Waals surface area contributed by atoms with Crippen LogP contribution in [0.3, 0.4) is 0 Å². The van der Waals surface area contributed by atoms with Crippen molar-refractivity contribution in [2.24, 2.45) is 14.1 Å². The van der Waals surface area contributed by atoms with Crippen molar-refractivity contribution < 1.29 is 19.0 Å². The summed E-state index contributed by atoms with van der Waals surface area (Å²) in [4.78, 5) is 16.6. The molecule has 0 N–H and O–H groups in total. The average molecular weight is 727 g/mol. The van der Waals surface area contributed by atoms with Crippen molar-refractivity contribution >= 4 is 51.0 Å². The largest absolute Gasteiger partial charge is 0.493 e. The van der Waals surface area contributed by atoms with Crippen molar-refractivity contribution in [3.05, 3.63) is 93.7 Å². The predicted octanol–water partition coefficient (Wildman–Crippen LogP) is 7.57. The number of ether oxygens (including phenoxy) is 3. The fourth-order valence-corrected chi connectivity index (χ4v) is 8.14. The lowest BCUT2D eigenvalue weighted by molar-refractivity contribution is 0.0589. The topological polar surface area (TPSA) is 88.6 Å². The molecule has 1 aliphatic heterocycles. The lowest BCUT2D eigenvalue weighted by atomic mass is 9.98. The van der Waals surface area contributed by atoms with Gasteiger partial charge in [0, 0.05) is 58.9 Å². The molecular weight excluding hydrogens is 684 g/mol. The molecule has 8 bridgehead atoms. The minimum absolute atomic E-state index is 0.269. The summed E-state index contributed by atoms with van der Waals surface area (Å²) in [6, 6.07) is 18.7. The van der Waals surface area contributed by atoms with E-state index in [1.165, 1.54) is 7.11 Å². The number of benzene rings is 3. The highest BCUT2D eigenvalue weighted by atomic mass is 35.5. The molecule has 0 saturated carbocycles. The molecule has 0 atom stereocenters. The third-order valence-corrected chi connectivity index (χ3v) is 10.9. The van der Waals surface area contributed by atoms with Gasteiger partial charge in [0.1, 0.15) is 11.4 Å². The van der Waals surface area contributed by atoms with Crippen LogP contribution in [-0.2, 0) is 55.5 Å². The molecule has 1 aliphatic rings. The number of fused-ring (bicyclic) bond motifs is 8. The monoisotopic (exact) mass is 726 g/mol. The normalized spacial score (nSPS) is 14.1. The van der Waals surface area contributed by atoms with E-state index in [1.807, 2.05) is 48.5 Å². The number of aromatic nitrogens is 5. The van der Waals surface area contributed by atoms with Crippen molar-refractivity contribution in [2.75, 3.05) is 34.4 Å². The van der Waals surface area contributed by atoms with Gasteiger partial charge in [-0.1, -0.05) is 41.9 Å². The second kappa shape index (κ2) is 14.7. The van der Waals surface area contributed by atoms with Gasteiger partial charge in [-0.05, 0) is 69.1 Å². The van der Waals surface area contributed by atoms with Gasteiger partial charge in [0.2, 0.25) is 0 Å². The number of carbonyl (C=O) groups excluding carboxylic acids is 1. The van der Waals surface area contributed by atoms with Crippen LogP contribution < -0.4 is 4.74 Å². The fraction of sp³-hybridized carbons (Fsp3) is 0.359. The molecular formula is C39H43ClN6O4S. The molecule has 3 aromatic heterocycles. The maximum Gasteiger partial charge on any atom is 0.354 e. The van der Waals surface area contributed by atoms with E-state index in [0.29, 0.717) is 42.5 Å². The first-order valence-corrected chi connectivity index (χ1v) is 18.5. The van der Waals surface area contributed by atoms with Gasteiger partial charge >= 0.3 is 5.97 Å². The molecule has 4 heterocycles. The molecule has 0 fully saturated rings. The molecule has 0 unspecified atom stereocenters. The highest BCUT2D eigenvalue weighted by molar-refractivity contribution is 7.98. The first kappa shape index (κ1) is 35.1. The second-order valence-electron chi connectivity index (χ2n) is 13.3. The number of likely N-dealkylation sites (N-methyl/N-ethyl adjacent to an activating group) is 1. The Morgan fingerprint density at radius 3 is 2.67 bits per heavy atom. The van der Waals surface area contributed by atoms with Gasteiger partial charge in [-0.3, -0.25) is 9.36 Å². The Hall–Kier alpha value is -4.29. The van der Waals surface area contributed by atoms with Gasteiger partial charge in [-0.15, -0.1) is 11.8 Å².